The monoisotopic (exact) mass is 306 g/mol. The van der Waals surface area contributed by atoms with E-state index in [0.717, 1.165) is 11.8 Å². The van der Waals surface area contributed by atoms with Crippen molar-refractivity contribution in [1.82, 2.24) is 0 Å². The highest BCUT2D eigenvalue weighted by molar-refractivity contribution is 6.74. The van der Waals surface area contributed by atoms with Crippen LogP contribution in [-0.4, -0.2) is 21.2 Å². The van der Waals surface area contributed by atoms with Gasteiger partial charge in [-0.1, -0.05) is 45.6 Å². The van der Waals surface area contributed by atoms with Crippen LogP contribution in [0.2, 0.25) is 18.1 Å². The van der Waals surface area contributed by atoms with E-state index in [-0.39, 0.29) is 5.04 Å². The smallest absolute Gasteiger partial charge is 0.192 e. The lowest BCUT2D eigenvalue weighted by atomic mass is 10.1. The number of carbonyl (C=O) groups excluding carboxylic acids is 1. The Balaban J connectivity index is 2.93. The summed E-state index contributed by atoms with van der Waals surface area (Å²) in [6.45, 7) is 15.4. The van der Waals surface area contributed by atoms with Gasteiger partial charge in [0.05, 0.1) is 12.2 Å². The Labute approximate surface area is 129 Å². The van der Waals surface area contributed by atoms with Crippen molar-refractivity contribution in [3.8, 4) is 5.75 Å². The second kappa shape index (κ2) is 7.05. The fraction of sp³-hybridized carbons (Fsp3) is 0.471. The van der Waals surface area contributed by atoms with E-state index in [2.05, 4.69) is 40.4 Å². The van der Waals surface area contributed by atoms with E-state index in [1.165, 1.54) is 0 Å². The number of hydrogen-bond acceptors (Lipinski definition) is 3. The fourth-order valence-electron chi connectivity index (χ4n) is 1.60. The Bertz CT molecular complexity index is 501. The summed E-state index contributed by atoms with van der Waals surface area (Å²) >= 11 is 0. The first-order valence-corrected chi connectivity index (χ1v) is 10.1. The molecule has 1 aromatic rings. The molecule has 0 bridgehead atoms. The second-order valence-electron chi connectivity index (χ2n) is 6.60. The van der Waals surface area contributed by atoms with E-state index in [1.54, 1.807) is 12.1 Å². The second-order valence-corrected chi connectivity index (χ2v) is 11.4. The van der Waals surface area contributed by atoms with E-state index in [0.29, 0.717) is 24.5 Å². The first kappa shape index (κ1) is 17.7. The molecule has 116 valence electrons. The lowest BCUT2D eigenvalue weighted by Crippen LogP contribution is -2.40. The zero-order chi connectivity index (χ0) is 16.1. The molecule has 4 heteroatoms. The lowest BCUT2D eigenvalue weighted by Gasteiger charge is -2.36. The van der Waals surface area contributed by atoms with Crippen LogP contribution in [0.1, 0.15) is 36.7 Å². The lowest BCUT2D eigenvalue weighted by molar-refractivity contribution is 0.111. The summed E-state index contributed by atoms with van der Waals surface area (Å²) in [6.07, 6.45) is 2.50. The maximum atomic E-state index is 11.4. The largest absolute Gasteiger partial charge is 0.489 e. The highest BCUT2D eigenvalue weighted by Gasteiger charge is 2.37. The molecule has 0 unspecified atom stereocenters. The van der Waals surface area contributed by atoms with E-state index in [9.17, 15) is 4.79 Å². The predicted octanol–water partition coefficient (Wildman–Crippen LogP) is 4.59. The van der Waals surface area contributed by atoms with Crippen molar-refractivity contribution in [3.05, 3.63) is 42.0 Å². The summed E-state index contributed by atoms with van der Waals surface area (Å²) in [5, 5.41) is 0.144. The summed E-state index contributed by atoms with van der Waals surface area (Å²) < 4.78 is 11.7. The van der Waals surface area contributed by atoms with Crippen LogP contribution in [0.25, 0.3) is 0 Å². The van der Waals surface area contributed by atoms with Crippen LogP contribution in [0.15, 0.2) is 30.9 Å². The molecule has 3 nitrogen and oxygen atoms in total. The predicted molar refractivity (Wildman–Crippen MR) is 89.5 cm³/mol. The fourth-order valence-corrected chi connectivity index (χ4v) is 2.55. The van der Waals surface area contributed by atoms with E-state index in [4.69, 9.17) is 9.16 Å². The summed E-state index contributed by atoms with van der Waals surface area (Å²) in [4.78, 5) is 11.4. The van der Waals surface area contributed by atoms with Gasteiger partial charge in [0.15, 0.2) is 14.6 Å². The van der Waals surface area contributed by atoms with Gasteiger partial charge in [-0.25, -0.2) is 0 Å². The molecule has 0 amide bonds. The third-order valence-corrected chi connectivity index (χ3v) is 8.50. The standard InChI is InChI=1S/C17H26O3Si/c1-7-11-19-16-10-8-9-14(15(16)12-18)13-20-21(5,6)17(2,3)4/h7-10,12H,1,11,13H2,2-6H3. The van der Waals surface area contributed by atoms with Crippen molar-refractivity contribution in [3.63, 3.8) is 0 Å². The van der Waals surface area contributed by atoms with Crippen molar-refractivity contribution in [2.75, 3.05) is 6.61 Å². The molecule has 1 aromatic carbocycles. The topological polar surface area (TPSA) is 35.5 Å². The van der Waals surface area contributed by atoms with Crippen molar-refractivity contribution >= 4 is 14.6 Å². The van der Waals surface area contributed by atoms with Gasteiger partial charge in [-0.05, 0) is 29.8 Å². The average Bonchev–Trinajstić information content (AvgIpc) is 2.41. The Morgan fingerprint density at radius 1 is 1.29 bits per heavy atom. The van der Waals surface area contributed by atoms with Gasteiger partial charge in [-0.2, -0.15) is 0 Å². The molecule has 0 saturated heterocycles. The number of hydrogen-bond donors (Lipinski definition) is 0. The van der Waals surface area contributed by atoms with E-state index >= 15 is 0 Å². The normalized spacial score (nSPS) is 12.0. The van der Waals surface area contributed by atoms with Crippen LogP contribution in [-0.2, 0) is 11.0 Å². The van der Waals surface area contributed by atoms with Gasteiger partial charge >= 0.3 is 0 Å². The quantitative estimate of drug-likeness (QED) is 0.420. The van der Waals surface area contributed by atoms with Crippen LogP contribution in [0.4, 0.5) is 0 Å². The van der Waals surface area contributed by atoms with Gasteiger partial charge in [0, 0.05) is 0 Å². The van der Waals surface area contributed by atoms with Gasteiger partial charge < -0.3 is 9.16 Å². The first-order valence-electron chi connectivity index (χ1n) is 7.17. The van der Waals surface area contributed by atoms with Crippen LogP contribution < -0.4 is 4.74 Å². The number of aldehydes is 1. The molecule has 0 saturated carbocycles. The molecule has 1 rings (SSSR count). The maximum absolute atomic E-state index is 11.4. The highest BCUT2D eigenvalue weighted by atomic mass is 28.4. The minimum Gasteiger partial charge on any atom is -0.489 e. The molecular weight excluding hydrogens is 280 g/mol. The molecule has 0 heterocycles. The van der Waals surface area contributed by atoms with Crippen molar-refractivity contribution in [2.45, 2.75) is 45.5 Å². The number of rotatable bonds is 7. The number of ether oxygens (including phenoxy) is 1. The van der Waals surface area contributed by atoms with Gasteiger partial charge in [0.2, 0.25) is 0 Å². The zero-order valence-corrected chi connectivity index (χ0v) is 14.7. The molecule has 0 aromatic heterocycles. The summed E-state index contributed by atoms with van der Waals surface area (Å²) in [5.74, 6) is 0.584. The molecular formula is C17H26O3Si. The third-order valence-electron chi connectivity index (χ3n) is 4.03. The molecule has 0 radical (unpaired) electrons. The molecule has 0 aliphatic rings. The summed E-state index contributed by atoms with van der Waals surface area (Å²) in [5.41, 5.74) is 1.44. The van der Waals surface area contributed by atoms with Gasteiger partial charge in [-0.3, -0.25) is 4.79 Å². The summed E-state index contributed by atoms with van der Waals surface area (Å²) in [7, 11) is -1.84. The van der Waals surface area contributed by atoms with Crippen molar-refractivity contribution in [2.24, 2.45) is 0 Å². The number of benzene rings is 1. The highest BCUT2D eigenvalue weighted by Crippen LogP contribution is 2.37. The minimum atomic E-state index is -1.84. The Hall–Kier alpha value is -1.39. The van der Waals surface area contributed by atoms with Gasteiger partial charge in [0.25, 0.3) is 0 Å². The van der Waals surface area contributed by atoms with Crippen LogP contribution >= 0.6 is 0 Å². The molecule has 0 fully saturated rings. The molecule has 0 N–H and O–H groups in total. The minimum absolute atomic E-state index is 0.144. The van der Waals surface area contributed by atoms with Crippen molar-refractivity contribution in [1.29, 1.82) is 0 Å². The molecule has 0 atom stereocenters. The number of carbonyl (C=O) groups is 1. The molecule has 0 spiro atoms. The van der Waals surface area contributed by atoms with Gasteiger partial charge in [0.1, 0.15) is 12.4 Å². The van der Waals surface area contributed by atoms with Gasteiger partial charge in [-0.15, -0.1) is 0 Å². The van der Waals surface area contributed by atoms with Crippen LogP contribution in [0.5, 0.6) is 5.75 Å². The Kier molecular flexibility index (Phi) is 5.93. The first-order chi connectivity index (χ1) is 9.73. The third kappa shape index (κ3) is 4.54. The summed E-state index contributed by atoms with van der Waals surface area (Å²) in [6, 6.07) is 5.59. The van der Waals surface area contributed by atoms with Crippen molar-refractivity contribution < 1.29 is 14.0 Å². The molecule has 21 heavy (non-hydrogen) atoms. The van der Waals surface area contributed by atoms with E-state index < -0.39 is 8.32 Å². The van der Waals surface area contributed by atoms with Crippen LogP contribution in [0, 0.1) is 0 Å². The average molecular weight is 306 g/mol. The zero-order valence-electron chi connectivity index (χ0n) is 13.7. The Morgan fingerprint density at radius 2 is 1.95 bits per heavy atom. The molecule has 0 aliphatic carbocycles. The molecule has 0 aliphatic heterocycles. The van der Waals surface area contributed by atoms with E-state index in [1.807, 2.05) is 12.1 Å². The Morgan fingerprint density at radius 3 is 2.48 bits per heavy atom. The SMILES string of the molecule is C=CCOc1cccc(CO[Si](C)(C)C(C)(C)C)c1C=O. The van der Waals surface area contributed by atoms with Crippen LogP contribution in [0.3, 0.4) is 0 Å². The maximum Gasteiger partial charge on any atom is 0.192 e.